The third kappa shape index (κ3) is 7.72. The van der Waals surface area contributed by atoms with E-state index in [4.69, 9.17) is 14.2 Å². The van der Waals surface area contributed by atoms with E-state index in [0.717, 1.165) is 34.4 Å². The van der Waals surface area contributed by atoms with E-state index in [2.05, 4.69) is 25.6 Å². The van der Waals surface area contributed by atoms with Gasteiger partial charge in [0.05, 0.1) is 29.4 Å². The number of hydrogen-bond acceptors (Lipinski definition) is 13. The first-order valence-electron chi connectivity index (χ1n) is 13.4. The number of amides is 1. The first-order valence-corrected chi connectivity index (χ1v) is 16.1. The predicted octanol–water partition coefficient (Wildman–Crippen LogP) is 4.05. The van der Waals surface area contributed by atoms with Gasteiger partial charge in [0.15, 0.2) is 15.0 Å². The summed E-state index contributed by atoms with van der Waals surface area (Å²) >= 11 is 1.15. The summed E-state index contributed by atoms with van der Waals surface area (Å²) in [7, 11) is -3.31. The van der Waals surface area contributed by atoms with Crippen molar-refractivity contribution in [1.82, 2.24) is 19.9 Å². The van der Waals surface area contributed by atoms with Crippen LogP contribution in [0.2, 0.25) is 0 Å². The fraction of sp³-hybridized carbons (Fsp3) is 0.444. The van der Waals surface area contributed by atoms with Gasteiger partial charge in [-0.1, -0.05) is 23.5 Å². The Hall–Kier alpha value is -3.82. The Morgan fingerprint density at radius 2 is 1.86 bits per heavy atom. The Balaban J connectivity index is 1.60. The van der Waals surface area contributed by atoms with Gasteiger partial charge in [0.25, 0.3) is 0 Å². The highest BCUT2D eigenvalue weighted by Gasteiger charge is 2.28. The van der Waals surface area contributed by atoms with Crippen molar-refractivity contribution in [2.24, 2.45) is 0 Å². The lowest BCUT2D eigenvalue weighted by atomic mass is 10.1. The molecule has 13 nitrogen and oxygen atoms in total. The number of nitrogens with zero attached hydrogens (tertiary/aromatic N) is 4. The van der Waals surface area contributed by atoms with Crippen molar-refractivity contribution in [2.75, 3.05) is 36.6 Å². The number of aromatic nitrogens is 3. The lowest BCUT2D eigenvalue weighted by molar-refractivity contribution is -0.0962. The molecule has 1 aliphatic rings. The minimum Gasteiger partial charge on any atom is -0.462 e. The first-order chi connectivity index (χ1) is 20.0. The monoisotopic (exact) mass is 618 g/mol. The van der Waals surface area contributed by atoms with Crippen molar-refractivity contribution in [1.29, 1.82) is 0 Å². The van der Waals surface area contributed by atoms with Crippen molar-refractivity contribution in [3.63, 3.8) is 0 Å². The van der Waals surface area contributed by atoms with Crippen LogP contribution in [0.4, 0.5) is 21.7 Å². The maximum absolute atomic E-state index is 12.8. The SMILES string of the molecule is CCOC(=O)c1sc(Nc2nc3c(c(NCc4ccc(S(C)(=O)=O)cc4)n2)CN(C(=O)OC(C)OCC)CC3)nc1C. The molecule has 0 spiro atoms. The fourth-order valence-corrected chi connectivity index (χ4v) is 5.71. The molecule has 3 aromatic rings. The summed E-state index contributed by atoms with van der Waals surface area (Å²) < 4.78 is 39.5. The highest BCUT2D eigenvalue weighted by Crippen LogP contribution is 2.30. The number of aryl methyl sites for hydroxylation is 1. The third-order valence-corrected chi connectivity index (χ3v) is 8.46. The summed E-state index contributed by atoms with van der Waals surface area (Å²) in [5.41, 5.74) is 2.83. The van der Waals surface area contributed by atoms with Crippen molar-refractivity contribution in [3.8, 4) is 0 Å². The molecule has 0 radical (unpaired) electrons. The number of rotatable bonds is 11. The molecule has 1 unspecified atom stereocenters. The van der Waals surface area contributed by atoms with Crippen molar-refractivity contribution < 1.29 is 32.2 Å². The van der Waals surface area contributed by atoms with E-state index in [-0.39, 0.29) is 24.0 Å². The van der Waals surface area contributed by atoms with Gasteiger partial charge < -0.3 is 24.4 Å². The second-order valence-corrected chi connectivity index (χ2v) is 12.5. The molecular weight excluding hydrogens is 584 g/mol. The summed E-state index contributed by atoms with van der Waals surface area (Å²) in [5, 5.41) is 6.84. The number of benzene rings is 1. The topological polar surface area (TPSA) is 162 Å². The maximum atomic E-state index is 12.8. The van der Waals surface area contributed by atoms with Gasteiger partial charge in [0, 0.05) is 37.9 Å². The molecule has 0 saturated heterocycles. The van der Waals surface area contributed by atoms with Gasteiger partial charge in [-0.25, -0.2) is 28.0 Å². The second-order valence-electron chi connectivity index (χ2n) is 9.45. The summed E-state index contributed by atoms with van der Waals surface area (Å²) in [4.78, 5) is 41.0. The molecule has 4 rings (SSSR count). The van der Waals surface area contributed by atoms with Crippen LogP contribution in [-0.4, -0.2) is 72.6 Å². The van der Waals surface area contributed by atoms with Gasteiger partial charge in [-0.2, -0.15) is 4.98 Å². The largest absolute Gasteiger partial charge is 0.462 e. The van der Waals surface area contributed by atoms with Gasteiger partial charge in [0.2, 0.25) is 12.2 Å². The van der Waals surface area contributed by atoms with Crippen LogP contribution in [0.3, 0.4) is 0 Å². The molecule has 1 aliphatic heterocycles. The normalized spacial score (nSPS) is 13.7. The predicted molar refractivity (Wildman–Crippen MR) is 157 cm³/mol. The molecule has 0 fully saturated rings. The lowest BCUT2D eigenvalue weighted by Gasteiger charge is -2.30. The van der Waals surface area contributed by atoms with E-state index in [1.54, 1.807) is 49.9 Å². The van der Waals surface area contributed by atoms with Crippen molar-refractivity contribution in [2.45, 2.75) is 58.4 Å². The summed E-state index contributed by atoms with van der Waals surface area (Å²) in [5.74, 6) is 0.319. The van der Waals surface area contributed by atoms with Crippen molar-refractivity contribution in [3.05, 3.63) is 51.7 Å². The molecule has 226 valence electrons. The maximum Gasteiger partial charge on any atom is 0.412 e. The van der Waals surface area contributed by atoms with Gasteiger partial charge in [-0.05, 0) is 45.4 Å². The molecule has 15 heteroatoms. The Bertz CT molecular complexity index is 1540. The zero-order valence-corrected chi connectivity index (χ0v) is 25.7. The summed E-state index contributed by atoms with van der Waals surface area (Å²) in [6, 6.07) is 6.56. The molecule has 42 heavy (non-hydrogen) atoms. The van der Waals surface area contributed by atoms with Crippen LogP contribution in [0.25, 0.3) is 0 Å². The number of hydrogen-bond donors (Lipinski definition) is 2. The molecule has 3 heterocycles. The van der Waals surface area contributed by atoms with Gasteiger partial charge in [-0.15, -0.1) is 0 Å². The Morgan fingerprint density at radius 1 is 1.12 bits per heavy atom. The molecule has 1 amide bonds. The van der Waals surface area contributed by atoms with E-state index in [9.17, 15) is 18.0 Å². The number of carbonyl (C=O) groups is 2. The molecule has 0 saturated carbocycles. The number of nitrogens with one attached hydrogen (secondary N) is 2. The van der Waals surface area contributed by atoms with Crippen LogP contribution < -0.4 is 10.6 Å². The quantitative estimate of drug-likeness (QED) is 0.235. The third-order valence-electron chi connectivity index (χ3n) is 6.27. The highest BCUT2D eigenvalue weighted by molar-refractivity contribution is 7.90. The molecule has 2 N–H and O–H groups in total. The molecule has 0 aliphatic carbocycles. The molecule has 2 aromatic heterocycles. The number of fused-ring (bicyclic) bond motifs is 1. The number of sulfone groups is 1. The van der Waals surface area contributed by atoms with Crippen LogP contribution in [0.15, 0.2) is 29.2 Å². The van der Waals surface area contributed by atoms with Gasteiger partial charge in [0.1, 0.15) is 10.7 Å². The van der Waals surface area contributed by atoms with Crippen LogP contribution in [-0.2, 0) is 43.6 Å². The van der Waals surface area contributed by atoms with E-state index >= 15 is 0 Å². The van der Waals surface area contributed by atoms with E-state index in [1.165, 1.54) is 0 Å². The van der Waals surface area contributed by atoms with Gasteiger partial charge >= 0.3 is 12.1 Å². The average Bonchev–Trinajstić information content (AvgIpc) is 3.31. The van der Waals surface area contributed by atoms with E-state index in [1.807, 2.05) is 6.92 Å². The zero-order chi connectivity index (χ0) is 30.4. The number of thiazole rings is 1. The number of carbonyl (C=O) groups excluding carboxylic acids is 2. The van der Waals surface area contributed by atoms with Gasteiger partial charge in [-0.3, -0.25) is 5.32 Å². The summed E-state index contributed by atoms with van der Waals surface area (Å²) in [6.07, 6.45) is 0.428. The first kappa shape index (κ1) is 31.1. The molecule has 0 bridgehead atoms. The minimum absolute atomic E-state index is 0.214. The van der Waals surface area contributed by atoms with Crippen molar-refractivity contribution >= 4 is 50.1 Å². The van der Waals surface area contributed by atoms with Crippen LogP contribution in [0, 0.1) is 6.92 Å². The van der Waals surface area contributed by atoms with Crippen LogP contribution in [0.1, 0.15) is 53.0 Å². The van der Waals surface area contributed by atoms with Crippen LogP contribution in [0.5, 0.6) is 0 Å². The number of ether oxygens (including phenoxy) is 3. The second kappa shape index (κ2) is 13.4. The van der Waals surface area contributed by atoms with E-state index in [0.29, 0.717) is 47.6 Å². The number of anilines is 3. The molecular formula is C27H34N6O7S2. The Labute approximate surface area is 248 Å². The average molecular weight is 619 g/mol. The molecule has 1 aromatic carbocycles. The Kier molecular flexibility index (Phi) is 9.96. The van der Waals surface area contributed by atoms with E-state index < -0.39 is 28.2 Å². The number of esters is 1. The smallest absolute Gasteiger partial charge is 0.412 e. The standard InChI is InChI=1S/C27H34N6O7S2/c1-6-38-17(4)40-27(35)33-13-12-21-20(15-33)23(28-14-18-8-10-19(11-9-18)42(5,36)37)31-25(30-21)32-26-29-16(3)22(41-26)24(34)39-7-2/h8-11,17H,6-7,12-15H2,1-5H3,(H2,28,29,30,31,32). The lowest BCUT2D eigenvalue weighted by Crippen LogP contribution is -2.39. The highest BCUT2D eigenvalue weighted by atomic mass is 32.2. The fourth-order valence-electron chi connectivity index (χ4n) is 4.23. The molecule has 1 atom stereocenters. The minimum atomic E-state index is -3.31. The summed E-state index contributed by atoms with van der Waals surface area (Å²) in [6.45, 7) is 8.56. The van der Waals surface area contributed by atoms with Crippen LogP contribution >= 0.6 is 11.3 Å². The Morgan fingerprint density at radius 3 is 2.52 bits per heavy atom. The zero-order valence-electron chi connectivity index (χ0n) is 24.1.